The summed E-state index contributed by atoms with van der Waals surface area (Å²) in [6.07, 6.45) is 1.92. The molecule has 0 amide bonds. The first-order chi connectivity index (χ1) is 4.62. The van der Waals surface area contributed by atoms with E-state index in [1.807, 2.05) is 6.08 Å². The van der Waals surface area contributed by atoms with Crippen LogP contribution in [0.3, 0.4) is 0 Å². The van der Waals surface area contributed by atoms with Crippen LogP contribution in [0.5, 0.6) is 0 Å². The number of rotatable bonds is 4. The van der Waals surface area contributed by atoms with E-state index in [2.05, 4.69) is 13.8 Å². The van der Waals surface area contributed by atoms with Crippen LogP contribution in [0, 0.1) is 0 Å². The van der Waals surface area contributed by atoms with E-state index in [0.29, 0.717) is 5.88 Å². The second-order valence-electron chi connectivity index (χ2n) is 2.57. The van der Waals surface area contributed by atoms with Crippen molar-refractivity contribution in [1.29, 1.82) is 0 Å². The lowest BCUT2D eigenvalue weighted by molar-refractivity contribution is 0.813. The van der Waals surface area contributed by atoms with Gasteiger partial charge in [-0.1, -0.05) is 17.7 Å². The Morgan fingerprint density at radius 2 is 2.10 bits per heavy atom. The molecule has 0 fully saturated rings. The minimum atomic E-state index is 0.165. The summed E-state index contributed by atoms with van der Waals surface area (Å²) in [5.74, 6) is 1.61. The van der Waals surface area contributed by atoms with Crippen molar-refractivity contribution in [3.63, 3.8) is 0 Å². The molecule has 0 unspecified atom stereocenters. The fraction of sp³-hybridized carbons (Fsp3) is 0.714. The summed E-state index contributed by atoms with van der Waals surface area (Å²) in [6.45, 7) is 4.24. The Balaban J connectivity index is 3.46. The third-order valence-electron chi connectivity index (χ3n) is 0.981. The van der Waals surface area contributed by atoms with Gasteiger partial charge in [-0.15, -0.1) is 11.6 Å². The molecular weight excluding hydrogens is 187 g/mol. The second-order valence-corrected chi connectivity index (χ2v) is 4.81. The van der Waals surface area contributed by atoms with Gasteiger partial charge in [-0.2, -0.15) is 11.8 Å². The average Bonchev–Trinajstić information content (AvgIpc) is 1.89. The maximum Gasteiger partial charge on any atom is 0.0365 e. The average molecular weight is 199 g/mol. The Kier molecular flexibility index (Phi) is 5.69. The molecular formula is C7H12Cl2S. The van der Waals surface area contributed by atoms with Crippen molar-refractivity contribution in [2.45, 2.75) is 18.6 Å². The minimum Gasteiger partial charge on any atom is -0.150 e. The van der Waals surface area contributed by atoms with Crippen LogP contribution in [-0.2, 0) is 0 Å². The van der Waals surface area contributed by atoms with Crippen molar-refractivity contribution in [3.8, 4) is 0 Å². The molecule has 0 aliphatic rings. The first kappa shape index (κ1) is 10.7. The van der Waals surface area contributed by atoms with Gasteiger partial charge in [-0.05, 0) is 13.8 Å². The Morgan fingerprint density at radius 3 is 2.50 bits per heavy atom. The van der Waals surface area contributed by atoms with E-state index in [9.17, 15) is 0 Å². The van der Waals surface area contributed by atoms with Crippen LogP contribution in [0.4, 0.5) is 0 Å². The molecule has 3 heteroatoms. The lowest BCUT2D eigenvalue weighted by atomic mass is 10.2. The van der Waals surface area contributed by atoms with E-state index in [-0.39, 0.29) is 4.75 Å². The zero-order valence-corrected chi connectivity index (χ0v) is 8.56. The van der Waals surface area contributed by atoms with Gasteiger partial charge in [0.25, 0.3) is 0 Å². The molecule has 0 aromatic rings. The highest BCUT2D eigenvalue weighted by atomic mass is 35.5. The van der Waals surface area contributed by atoms with Gasteiger partial charge < -0.3 is 0 Å². The van der Waals surface area contributed by atoms with Gasteiger partial charge in [-0.25, -0.2) is 0 Å². The van der Waals surface area contributed by atoms with Gasteiger partial charge in [0.15, 0.2) is 0 Å². The Morgan fingerprint density at radius 1 is 1.50 bits per heavy atom. The Labute approximate surface area is 77.0 Å². The van der Waals surface area contributed by atoms with E-state index in [1.165, 1.54) is 5.54 Å². The van der Waals surface area contributed by atoms with Crippen LogP contribution >= 0.6 is 35.0 Å². The zero-order chi connectivity index (χ0) is 8.04. The van der Waals surface area contributed by atoms with E-state index >= 15 is 0 Å². The van der Waals surface area contributed by atoms with Gasteiger partial charge in [0.05, 0.1) is 0 Å². The summed E-state index contributed by atoms with van der Waals surface area (Å²) >= 11 is 12.8. The van der Waals surface area contributed by atoms with Gasteiger partial charge >= 0.3 is 0 Å². The number of hydrogen-bond donors (Lipinski definition) is 0. The standard InChI is InChI=1S/C7H12Cl2S/c1-7(2,6-9)10-5-3-4-8/h3-4H,5-6H2,1-2H3/b4-3+. The topological polar surface area (TPSA) is 0 Å². The van der Waals surface area contributed by atoms with Gasteiger partial charge in [0.2, 0.25) is 0 Å². The van der Waals surface area contributed by atoms with Crippen molar-refractivity contribution in [2.75, 3.05) is 11.6 Å². The van der Waals surface area contributed by atoms with Crippen molar-refractivity contribution < 1.29 is 0 Å². The third-order valence-corrected chi connectivity index (χ3v) is 3.27. The predicted molar refractivity (Wildman–Crippen MR) is 52.3 cm³/mol. The third kappa shape index (κ3) is 5.45. The number of alkyl halides is 1. The van der Waals surface area contributed by atoms with Crippen molar-refractivity contribution >= 4 is 35.0 Å². The maximum atomic E-state index is 5.69. The van der Waals surface area contributed by atoms with Gasteiger partial charge in [0, 0.05) is 21.9 Å². The van der Waals surface area contributed by atoms with E-state index in [4.69, 9.17) is 23.2 Å². The summed E-state index contributed by atoms with van der Waals surface area (Å²) in [7, 11) is 0. The first-order valence-corrected chi connectivity index (χ1v) is 5.03. The molecule has 0 aromatic carbocycles. The number of hydrogen-bond acceptors (Lipinski definition) is 1. The summed E-state index contributed by atoms with van der Waals surface area (Å²) in [5.41, 5.74) is 1.54. The molecule has 0 nitrogen and oxygen atoms in total. The molecule has 10 heavy (non-hydrogen) atoms. The first-order valence-electron chi connectivity index (χ1n) is 3.07. The normalized spacial score (nSPS) is 12.8. The predicted octanol–water partition coefficient (Wildman–Crippen LogP) is 3.49. The second kappa shape index (κ2) is 5.34. The lowest BCUT2D eigenvalue weighted by Gasteiger charge is -2.18. The molecule has 0 heterocycles. The zero-order valence-electron chi connectivity index (χ0n) is 6.23. The molecule has 0 aromatic heterocycles. The fourth-order valence-corrected chi connectivity index (χ4v) is 1.50. The van der Waals surface area contributed by atoms with Crippen LogP contribution in [-0.4, -0.2) is 16.4 Å². The quantitative estimate of drug-likeness (QED) is 0.624. The molecule has 0 aliphatic carbocycles. The van der Waals surface area contributed by atoms with E-state index < -0.39 is 0 Å². The highest BCUT2D eigenvalue weighted by Crippen LogP contribution is 2.25. The summed E-state index contributed by atoms with van der Waals surface area (Å²) in [6, 6.07) is 0. The van der Waals surface area contributed by atoms with Crippen LogP contribution < -0.4 is 0 Å². The SMILES string of the molecule is CC(C)(CCl)SC/C=C/Cl. The van der Waals surface area contributed by atoms with E-state index in [0.717, 1.165) is 5.75 Å². The highest BCUT2D eigenvalue weighted by molar-refractivity contribution is 8.00. The van der Waals surface area contributed by atoms with Crippen LogP contribution in [0.2, 0.25) is 0 Å². The minimum absolute atomic E-state index is 0.165. The lowest BCUT2D eigenvalue weighted by Crippen LogP contribution is -2.16. The highest BCUT2D eigenvalue weighted by Gasteiger charge is 2.14. The molecule has 0 saturated heterocycles. The molecule has 0 spiro atoms. The molecule has 0 N–H and O–H groups in total. The molecule has 0 saturated carbocycles. The Hall–Kier alpha value is 0.670. The van der Waals surface area contributed by atoms with Crippen molar-refractivity contribution in [1.82, 2.24) is 0 Å². The van der Waals surface area contributed by atoms with Gasteiger partial charge in [0.1, 0.15) is 0 Å². The molecule has 0 atom stereocenters. The Bertz CT molecular complexity index is 110. The van der Waals surface area contributed by atoms with Crippen LogP contribution in [0.15, 0.2) is 11.6 Å². The number of halogens is 2. The summed E-state index contributed by atoms with van der Waals surface area (Å²) < 4.78 is 0.165. The smallest absolute Gasteiger partial charge is 0.0365 e. The summed E-state index contributed by atoms with van der Waals surface area (Å²) in [4.78, 5) is 0. The number of thioether (sulfide) groups is 1. The maximum absolute atomic E-state index is 5.69. The van der Waals surface area contributed by atoms with Crippen molar-refractivity contribution in [2.24, 2.45) is 0 Å². The summed E-state index contributed by atoms with van der Waals surface area (Å²) in [5, 5.41) is 0. The monoisotopic (exact) mass is 198 g/mol. The molecule has 0 rings (SSSR count). The fourth-order valence-electron chi connectivity index (χ4n) is 0.349. The molecule has 60 valence electrons. The van der Waals surface area contributed by atoms with Crippen LogP contribution in [0.25, 0.3) is 0 Å². The largest absolute Gasteiger partial charge is 0.150 e. The van der Waals surface area contributed by atoms with Crippen molar-refractivity contribution in [3.05, 3.63) is 11.6 Å². The van der Waals surface area contributed by atoms with Crippen LogP contribution in [0.1, 0.15) is 13.8 Å². The molecule has 0 bridgehead atoms. The van der Waals surface area contributed by atoms with Gasteiger partial charge in [-0.3, -0.25) is 0 Å². The molecule has 0 aliphatic heterocycles. The van der Waals surface area contributed by atoms with E-state index in [1.54, 1.807) is 11.8 Å². The molecule has 0 radical (unpaired) electrons.